The highest BCUT2D eigenvalue weighted by Crippen LogP contribution is 2.29. The van der Waals surface area contributed by atoms with Crippen LogP contribution in [0.1, 0.15) is 0 Å². The SMILES string of the molecule is Nc1ccc(-c2coc(-c3ccc(N)cc3)c2)cc1. The summed E-state index contributed by atoms with van der Waals surface area (Å²) >= 11 is 0. The van der Waals surface area contributed by atoms with E-state index in [1.807, 2.05) is 54.6 Å². The van der Waals surface area contributed by atoms with Crippen molar-refractivity contribution in [3.05, 3.63) is 60.9 Å². The second-order valence-electron chi connectivity index (χ2n) is 4.44. The first kappa shape index (κ1) is 11.4. The fourth-order valence-electron chi connectivity index (χ4n) is 1.96. The van der Waals surface area contributed by atoms with Gasteiger partial charge in [0.15, 0.2) is 0 Å². The molecule has 0 atom stereocenters. The van der Waals surface area contributed by atoms with Gasteiger partial charge in [-0.1, -0.05) is 12.1 Å². The molecule has 4 N–H and O–H groups in total. The lowest BCUT2D eigenvalue weighted by Crippen LogP contribution is -1.83. The Hall–Kier alpha value is -2.68. The lowest BCUT2D eigenvalue weighted by molar-refractivity contribution is 0.583. The normalized spacial score (nSPS) is 10.5. The van der Waals surface area contributed by atoms with Crippen LogP contribution in [0.15, 0.2) is 65.3 Å². The molecule has 2 aromatic carbocycles. The topological polar surface area (TPSA) is 65.2 Å². The van der Waals surface area contributed by atoms with Gasteiger partial charge in [-0.15, -0.1) is 0 Å². The van der Waals surface area contributed by atoms with Crippen LogP contribution in [-0.4, -0.2) is 0 Å². The predicted molar refractivity (Wildman–Crippen MR) is 78.4 cm³/mol. The van der Waals surface area contributed by atoms with Gasteiger partial charge in [0.05, 0.1) is 6.26 Å². The molecule has 0 fully saturated rings. The van der Waals surface area contributed by atoms with Gasteiger partial charge in [-0.3, -0.25) is 0 Å². The van der Waals surface area contributed by atoms with Gasteiger partial charge >= 0.3 is 0 Å². The molecule has 1 aromatic heterocycles. The molecule has 19 heavy (non-hydrogen) atoms. The molecule has 3 nitrogen and oxygen atoms in total. The number of rotatable bonds is 2. The Morgan fingerprint density at radius 3 is 1.74 bits per heavy atom. The van der Waals surface area contributed by atoms with Crippen molar-refractivity contribution in [2.75, 3.05) is 11.5 Å². The summed E-state index contributed by atoms with van der Waals surface area (Å²) in [5.74, 6) is 0.826. The highest BCUT2D eigenvalue weighted by Gasteiger charge is 2.06. The van der Waals surface area contributed by atoms with Crippen LogP contribution in [0.25, 0.3) is 22.5 Å². The van der Waals surface area contributed by atoms with Gasteiger partial charge in [-0.2, -0.15) is 0 Å². The van der Waals surface area contributed by atoms with Gasteiger partial charge in [0.2, 0.25) is 0 Å². The maximum Gasteiger partial charge on any atom is 0.134 e. The van der Waals surface area contributed by atoms with E-state index >= 15 is 0 Å². The van der Waals surface area contributed by atoms with Gasteiger partial charge in [0.25, 0.3) is 0 Å². The van der Waals surface area contributed by atoms with E-state index in [1.54, 1.807) is 6.26 Å². The summed E-state index contributed by atoms with van der Waals surface area (Å²) in [5, 5.41) is 0. The zero-order valence-electron chi connectivity index (χ0n) is 10.3. The molecule has 3 aromatic rings. The van der Waals surface area contributed by atoms with Crippen LogP contribution in [0.2, 0.25) is 0 Å². The maximum absolute atomic E-state index is 5.68. The van der Waals surface area contributed by atoms with E-state index in [1.165, 1.54) is 0 Å². The van der Waals surface area contributed by atoms with Crippen molar-refractivity contribution in [1.29, 1.82) is 0 Å². The Labute approximate surface area is 111 Å². The molecule has 0 amide bonds. The molecule has 0 spiro atoms. The fourth-order valence-corrected chi connectivity index (χ4v) is 1.96. The van der Waals surface area contributed by atoms with Gasteiger partial charge in [0, 0.05) is 22.5 Å². The largest absolute Gasteiger partial charge is 0.464 e. The van der Waals surface area contributed by atoms with Crippen molar-refractivity contribution in [3.8, 4) is 22.5 Å². The number of hydrogen-bond donors (Lipinski definition) is 2. The summed E-state index contributed by atoms with van der Waals surface area (Å²) < 4.78 is 5.60. The van der Waals surface area contributed by atoms with Gasteiger partial charge in [-0.25, -0.2) is 0 Å². The third-order valence-electron chi connectivity index (χ3n) is 3.04. The molecule has 0 aliphatic carbocycles. The van der Waals surface area contributed by atoms with E-state index in [4.69, 9.17) is 15.9 Å². The molecule has 0 unspecified atom stereocenters. The van der Waals surface area contributed by atoms with E-state index in [-0.39, 0.29) is 0 Å². The standard InChI is InChI=1S/C16H14N2O/c17-14-5-1-11(2-6-14)13-9-16(19-10-13)12-3-7-15(18)8-4-12/h1-10H,17-18H2. The summed E-state index contributed by atoms with van der Waals surface area (Å²) in [6, 6.07) is 17.3. The van der Waals surface area contributed by atoms with Crippen molar-refractivity contribution in [3.63, 3.8) is 0 Å². The molecule has 1 heterocycles. The van der Waals surface area contributed by atoms with Crippen LogP contribution in [-0.2, 0) is 0 Å². The molecule has 3 heteroatoms. The monoisotopic (exact) mass is 250 g/mol. The molecule has 3 rings (SSSR count). The molecule has 0 radical (unpaired) electrons. The summed E-state index contributed by atoms with van der Waals surface area (Å²) in [6.07, 6.45) is 1.75. The molecular weight excluding hydrogens is 236 g/mol. The first-order valence-corrected chi connectivity index (χ1v) is 6.03. The number of nitrogen functional groups attached to an aromatic ring is 2. The summed E-state index contributed by atoms with van der Waals surface area (Å²) in [6.45, 7) is 0. The van der Waals surface area contributed by atoms with E-state index in [0.717, 1.165) is 33.8 Å². The van der Waals surface area contributed by atoms with E-state index < -0.39 is 0 Å². The van der Waals surface area contributed by atoms with E-state index in [9.17, 15) is 0 Å². The molecule has 0 saturated carbocycles. The smallest absolute Gasteiger partial charge is 0.134 e. The highest BCUT2D eigenvalue weighted by atomic mass is 16.3. The number of benzene rings is 2. The Bertz CT molecular complexity index is 622. The minimum Gasteiger partial charge on any atom is -0.464 e. The number of hydrogen-bond acceptors (Lipinski definition) is 3. The van der Waals surface area contributed by atoms with E-state index in [0.29, 0.717) is 0 Å². The number of furan rings is 1. The second-order valence-corrected chi connectivity index (χ2v) is 4.44. The van der Waals surface area contributed by atoms with Gasteiger partial charge < -0.3 is 15.9 Å². The molecule has 0 aliphatic rings. The Morgan fingerprint density at radius 1 is 0.632 bits per heavy atom. The fraction of sp³-hybridized carbons (Fsp3) is 0. The minimum absolute atomic E-state index is 0.745. The Morgan fingerprint density at radius 2 is 1.16 bits per heavy atom. The summed E-state index contributed by atoms with van der Waals surface area (Å²) in [4.78, 5) is 0. The molecule has 0 aliphatic heterocycles. The van der Waals surface area contributed by atoms with Crippen molar-refractivity contribution in [2.24, 2.45) is 0 Å². The van der Waals surface area contributed by atoms with Crippen LogP contribution in [0.3, 0.4) is 0 Å². The second kappa shape index (κ2) is 4.53. The molecule has 0 saturated heterocycles. The molecular formula is C16H14N2O. The summed E-state index contributed by atoms with van der Waals surface area (Å²) in [5.41, 5.74) is 16.0. The predicted octanol–water partition coefficient (Wildman–Crippen LogP) is 3.78. The zero-order valence-corrected chi connectivity index (χ0v) is 10.3. The summed E-state index contributed by atoms with van der Waals surface area (Å²) in [7, 11) is 0. The minimum atomic E-state index is 0.745. The highest BCUT2D eigenvalue weighted by molar-refractivity contribution is 5.71. The van der Waals surface area contributed by atoms with Crippen LogP contribution < -0.4 is 11.5 Å². The van der Waals surface area contributed by atoms with Crippen molar-refractivity contribution in [2.45, 2.75) is 0 Å². The maximum atomic E-state index is 5.68. The van der Waals surface area contributed by atoms with Crippen LogP contribution in [0, 0.1) is 0 Å². The average molecular weight is 250 g/mol. The van der Waals surface area contributed by atoms with E-state index in [2.05, 4.69) is 0 Å². The van der Waals surface area contributed by atoms with Crippen molar-refractivity contribution in [1.82, 2.24) is 0 Å². The number of nitrogens with two attached hydrogens (primary N) is 2. The zero-order chi connectivity index (χ0) is 13.2. The lowest BCUT2D eigenvalue weighted by Gasteiger charge is -1.97. The van der Waals surface area contributed by atoms with Crippen molar-refractivity contribution < 1.29 is 4.42 Å². The lowest BCUT2D eigenvalue weighted by atomic mass is 10.1. The van der Waals surface area contributed by atoms with Gasteiger partial charge in [-0.05, 0) is 48.0 Å². The third kappa shape index (κ3) is 2.31. The average Bonchev–Trinajstić information content (AvgIpc) is 2.90. The molecule has 94 valence electrons. The Balaban J connectivity index is 1.95. The third-order valence-corrected chi connectivity index (χ3v) is 3.04. The molecule has 0 bridgehead atoms. The first-order valence-electron chi connectivity index (χ1n) is 6.03. The van der Waals surface area contributed by atoms with Crippen LogP contribution in [0.5, 0.6) is 0 Å². The van der Waals surface area contributed by atoms with Crippen LogP contribution in [0.4, 0.5) is 11.4 Å². The first-order chi connectivity index (χ1) is 9.22. The van der Waals surface area contributed by atoms with Crippen LogP contribution >= 0.6 is 0 Å². The van der Waals surface area contributed by atoms with Crippen molar-refractivity contribution >= 4 is 11.4 Å². The quantitative estimate of drug-likeness (QED) is 0.680. The number of anilines is 2. The Kier molecular flexibility index (Phi) is 2.72. The van der Waals surface area contributed by atoms with Gasteiger partial charge in [0.1, 0.15) is 5.76 Å².